The van der Waals surface area contributed by atoms with Crippen molar-refractivity contribution >= 4 is 0 Å². The maximum Gasteiger partial charge on any atom is 0.255 e. The molecule has 0 saturated heterocycles. The van der Waals surface area contributed by atoms with Crippen molar-refractivity contribution < 1.29 is 9.47 Å². The number of methoxy groups -OCH3 is 2. The number of ether oxygens (including phenoxy) is 2. The summed E-state index contributed by atoms with van der Waals surface area (Å²) in [5, 5.41) is 0. The van der Waals surface area contributed by atoms with Crippen LogP contribution in [0.2, 0.25) is 0 Å². The van der Waals surface area contributed by atoms with Gasteiger partial charge in [0.15, 0.2) is 0 Å². The molecule has 4 nitrogen and oxygen atoms in total. The van der Waals surface area contributed by atoms with E-state index in [0.29, 0.717) is 5.75 Å². The Balaban J connectivity index is 2.06. The lowest BCUT2D eigenvalue weighted by Gasteiger charge is -2.10. The molecule has 3 aromatic rings. The summed E-state index contributed by atoms with van der Waals surface area (Å²) >= 11 is 0. The van der Waals surface area contributed by atoms with Gasteiger partial charge in [-0.15, -0.1) is 0 Å². The van der Waals surface area contributed by atoms with Crippen LogP contribution in [0.1, 0.15) is 0 Å². The molecule has 0 unspecified atom stereocenters. The maximum atomic E-state index is 12.2. The Bertz CT molecular complexity index is 866. The summed E-state index contributed by atoms with van der Waals surface area (Å²) < 4.78 is 12.0. The van der Waals surface area contributed by atoms with E-state index in [9.17, 15) is 4.79 Å². The highest BCUT2D eigenvalue weighted by Gasteiger charge is 2.05. The number of aromatic nitrogens is 1. The van der Waals surface area contributed by atoms with Crippen LogP contribution in [-0.2, 0) is 0 Å². The minimum Gasteiger partial charge on any atom is -0.497 e. The highest BCUT2D eigenvalue weighted by Crippen LogP contribution is 2.23. The number of nitrogens with zero attached hydrogens (tertiary/aromatic N) is 1. The first-order chi connectivity index (χ1) is 11.2. The highest BCUT2D eigenvalue weighted by atomic mass is 16.5. The molecule has 0 aliphatic carbocycles. The van der Waals surface area contributed by atoms with Gasteiger partial charge in [0.25, 0.3) is 5.56 Å². The normalized spacial score (nSPS) is 10.3. The van der Waals surface area contributed by atoms with Crippen molar-refractivity contribution in [3.05, 3.63) is 77.2 Å². The molecule has 0 aliphatic heterocycles. The van der Waals surface area contributed by atoms with Gasteiger partial charge in [0.05, 0.1) is 19.9 Å². The lowest BCUT2D eigenvalue weighted by Crippen LogP contribution is -2.16. The molecule has 0 N–H and O–H groups in total. The average Bonchev–Trinajstić information content (AvgIpc) is 2.62. The molecule has 0 atom stereocenters. The predicted molar refractivity (Wildman–Crippen MR) is 90.6 cm³/mol. The van der Waals surface area contributed by atoms with Crippen LogP contribution in [0.5, 0.6) is 11.5 Å². The average molecular weight is 307 g/mol. The largest absolute Gasteiger partial charge is 0.497 e. The fourth-order valence-corrected chi connectivity index (χ4v) is 2.40. The number of rotatable bonds is 4. The third-order valence-electron chi connectivity index (χ3n) is 3.67. The van der Waals surface area contributed by atoms with Gasteiger partial charge in [-0.2, -0.15) is 0 Å². The summed E-state index contributed by atoms with van der Waals surface area (Å²) in [4.78, 5) is 12.2. The van der Waals surface area contributed by atoms with Crippen LogP contribution in [0.4, 0.5) is 0 Å². The monoisotopic (exact) mass is 307 g/mol. The molecular formula is C19H17NO3. The van der Waals surface area contributed by atoms with Gasteiger partial charge < -0.3 is 9.47 Å². The van der Waals surface area contributed by atoms with Crippen molar-refractivity contribution in [3.8, 4) is 28.3 Å². The molecule has 0 bridgehead atoms. The van der Waals surface area contributed by atoms with Crippen molar-refractivity contribution in [2.75, 3.05) is 14.2 Å². The molecule has 0 saturated carbocycles. The second-order valence-corrected chi connectivity index (χ2v) is 5.06. The number of hydrogen-bond acceptors (Lipinski definition) is 3. The third kappa shape index (κ3) is 3.11. The van der Waals surface area contributed by atoms with Crippen LogP contribution in [0.25, 0.3) is 16.8 Å². The molecular weight excluding hydrogens is 290 g/mol. The highest BCUT2D eigenvalue weighted by molar-refractivity contribution is 5.63. The van der Waals surface area contributed by atoms with E-state index in [1.54, 1.807) is 24.9 Å². The van der Waals surface area contributed by atoms with Crippen molar-refractivity contribution in [1.29, 1.82) is 0 Å². The van der Waals surface area contributed by atoms with Gasteiger partial charge in [-0.05, 0) is 41.5 Å². The van der Waals surface area contributed by atoms with Gasteiger partial charge in [-0.3, -0.25) is 9.36 Å². The number of pyridine rings is 1. The second-order valence-electron chi connectivity index (χ2n) is 5.06. The van der Waals surface area contributed by atoms with Crippen LogP contribution < -0.4 is 15.0 Å². The van der Waals surface area contributed by atoms with Crippen LogP contribution in [0, 0.1) is 0 Å². The van der Waals surface area contributed by atoms with Crippen LogP contribution >= 0.6 is 0 Å². The van der Waals surface area contributed by atoms with Gasteiger partial charge in [-0.1, -0.05) is 18.2 Å². The quantitative estimate of drug-likeness (QED) is 0.740. The SMILES string of the molecule is COc1ccc(-c2ccc(=O)n(-c3cccc(OC)c3)c2)cc1. The third-order valence-corrected chi connectivity index (χ3v) is 3.67. The van der Waals surface area contributed by atoms with Crippen LogP contribution in [0.3, 0.4) is 0 Å². The molecule has 0 aliphatic rings. The molecule has 0 fully saturated rings. The summed E-state index contributed by atoms with van der Waals surface area (Å²) in [6.45, 7) is 0. The van der Waals surface area contributed by atoms with E-state index >= 15 is 0 Å². The van der Waals surface area contributed by atoms with Crippen molar-refractivity contribution in [2.24, 2.45) is 0 Å². The van der Waals surface area contributed by atoms with E-state index in [2.05, 4.69) is 0 Å². The molecule has 0 amide bonds. The zero-order chi connectivity index (χ0) is 16.2. The van der Waals surface area contributed by atoms with Crippen molar-refractivity contribution in [2.45, 2.75) is 0 Å². The van der Waals surface area contributed by atoms with E-state index in [4.69, 9.17) is 9.47 Å². The van der Waals surface area contributed by atoms with E-state index in [0.717, 1.165) is 22.6 Å². The second kappa shape index (κ2) is 6.40. The van der Waals surface area contributed by atoms with Gasteiger partial charge in [0, 0.05) is 18.3 Å². The maximum absolute atomic E-state index is 12.2. The van der Waals surface area contributed by atoms with E-state index in [1.165, 1.54) is 0 Å². The standard InChI is InChI=1S/C19H17NO3/c1-22-17-9-6-14(7-10-17)15-8-11-19(21)20(13-15)16-4-3-5-18(12-16)23-2/h3-13H,1-2H3. The lowest BCUT2D eigenvalue weighted by atomic mass is 10.1. The first kappa shape index (κ1) is 14.9. The van der Waals surface area contributed by atoms with Gasteiger partial charge in [-0.25, -0.2) is 0 Å². The summed E-state index contributed by atoms with van der Waals surface area (Å²) in [5.41, 5.74) is 2.65. The Kier molecular flexibility index (Phi) is 4.15. The topological polar surface area (TPSA) is 40.5 Å². The van der Waals surface area contributed by atoms with Crippen molar-refractivity contribution in [3.63, 3.8) is 0 Å². The molecule has 1 aromatic heterocycles. The fourth-order valence-electron chi connectivity index (χ4n) is 2.40. The molecule has 0 radical (unpaired) electrons. The molecule has 3 rings (SSSR count). The first-order valence-corrected chi connectivity index (χ1v) is 7.23. The lowest BCUT2D eigenvalue weighted by molar-refractivity contribution is 0.414. The number of hydrogen-bond donors (Lipinski definition) is 0. The Morgan fingerprint density at radius 2 is 1.48 bits per heavy atom. The molecule has 4 heteroatoms. The summed E-state index contributed by atoms with van der Waals surface area (Å²) in [7, 11) is 3.24. The van der Waals surface area contributed by atoms with Crippen molar-refractivity contribution in [1.82, 2.24) is 4.57 Å². The summed E-state index contributed by atoms with van der Waals surface area (Å²) in [5.74, 6) is 1.51. The zero-order valence-electron chi connectivity index (χ0n) is 13.0. The van der Waals surface area contributed by atoms with E-state index < -0.39 is 0 Å². The molecule has 0 spiro atoms. The number of benzene rings is 2. The van der Waals surface area contributed by atoms with Gasteiger partial charge >= 0.3 is 0 Å². The smallest absolute Gasteiger partial charge is 0.255 e. The molecule has 2 aromatic carbocycles. The minimum atomic E-state index is -0.0875. The molecule has 116 valence electrons. The fraction of sp³-hybridized carbons (Fsp3) is 0.105. The minimum absolute atomic E-state index is 0.0875. The molecule has 1 heterocycles. The Morgan fingerprint density at radius 3 is 2.17 bits per heavy atom. The first-order valence-electron chi connectivity index (χ1n) is 7.23. The molecule has 23 heavy (non-hydrogen) atoms. The van der Waals surface area contributed by atoms with Gasteiger partial charge in [0.1, 0.15) is 11.5 Å². The van der Waals surface area contributed by atoms with Gasteiger partial charge in [0.2, 0.25) is 0 Å². The Morgan fingerprint density at radius 1 is 0.783 bits per heavy atom. The Labute approximate surface area is 134 Å². The zero-order valence-corrected chi connectivity index (χ0v) is 13.0. The summed E-state index contributed by atoms with van der Waals surface area (Å²) in [6, 6.07) is 18.5. The summed E-state index contributed by atoms with van der Waals surface area (Å²) in [6.07, 6.45) is 1.83. The van der Waals surface area contributed by atoms with Crippen LogP contribution in [-0.4, -0.2) is 18.8 Å². The van der Waals surface area contributed by atoms with E-state index in [-0.39, 0.29) is 5.56 Å². The van der Waals surface area contributed by atoms with E-state index in [1.807, 2.05) is 60.8 Å². The van der Waals surface area contributed by atoms with Crippen LogP contribution in [0.15, 0.2) is 71.7 Å². The predicted octanol–water partition coefficient (Wildman–Crippen LogP) is 3.52. The Hall–Kier alpha value is -3.01.